The second-order valence-electron chi connectivity index (χ2n) is 5.88. The van der Waals surface area contributed by atoms with Crippen LogP contribution < -0.4 is 10.5 Å². The third-order valence-corrected chi connectivity index (χ3v) is 5.13. The first-order valence-corrected chi connectivity index (χ1v) is 9.23. The van der Waals surface area contributed by atoms with Crippen molar-refractivity contribution in [2.24, 2.45) is 12.2 Å². The summed E-state index contributed by atoms with van der Waals surface area (Å²) in [6.07, 6.45) is 0.699. The quantitative estimate of drug-likeness (QED) is 0.582. The van der Waals surface area contributed by atoms with E-state index in [-0.39, 0.29) is 17.2 Å². The topological polar surface area (TPSA) is 94.2 Å². The van der Waals surface area contributed by atoms with Gasteiger partial charge in [-0.3, -0.25) is 4.79 Å². The minimum absolute atomic E-state index is 0.0702. The normalized spacial score (nSPS) is 11.7. The van der Waals surface area contributed by atoms with E-state index in [1.165, 1.54) is 12.1 Å². The summed E-state index contributed by atoms with van der Waals surface area (Å²) in [5.41, 5.74) is 3.76. The average Bonchev–Trinajstić information content (AvgIpc) is 2.78. The molecule has 2 rings (SSSR count). The summed E-state index contributed by atoms with van der Waals surface area (Å²) in [4.78, 5) is 12.3. The smallest absolute Gasteiger partial charge is 0.238 e. The number of ketones is 1. The molecule has 130 valence electrons. The van der Waals surface area contributed by atoms with Gasteiger partial charge in [0.15, 0.2) is 5.78 Å². The van der Waals surface area contributed by atoms with Crippen LogP contribution in [0.3, 0.4) is 0 Å². The van der Waals surface area contributed by atoms with E-state index in [1.807, 2.05) is 31.5 Å². The molecule has 6 nitrogen and oxygen atoms in total. The van der Waals surface area contributed by atoms with Crippen molar-refractivity contribution in [2.75, 3.05) is 13.1 Å². The Labute approximate surface area is 142 Å². The minimum atomic E-state index is -3.65. The Morgan fingerprint density at radius 3 is 2.33 bits per heavy atom. The minimum Gasteiger partial charge on any atom is -0.351 e. The van der Waals surface area contributed by atoms with Gasteiger partial charge in [0, 0.05) is 24.0 Å². The molecule has 0 aliphatic heterocycles. The summed E-state index contributed by atoms with van der Waals surface area (Å²) >= 11 is 0. The maximum Gasteiger partial charge on any atom is 0.238 e. The van der Waals surface area contributed by atoms with Gasteiger partial charge in [-0.1, -0.05) is 12.1 Å². The monoisotopic (exact) mass is 349 g/mol. The maximum atomic E-state index is 12.2. The zero-order valence-corrected chi connectivity index (χ0v) is 15.0. The summed E-state index contributed by atoms with van der Waals surface area (Å²) in [6.45, 7) is 4.82. The number of sulfonamides is 1. The molecule has 0 atom stereocenters. The van der Waals surface area contributed by atoms with Gasteiger partial charge in [-0.2, -0.15) is 0 Å². The molecule has 0 radical (unpaired) electrons. The molecular formula is C17H23N3O3S. The van der Waals surface area contributed by atoms with E-state index in [0.29, 0.717) is 13.0 Å². The van der Waals surface area contributed by atoms with Gasteiger partial charge in [0.05, 0.1) is 11.4 Å². The molecule has 0 unspecified atom stereocenters. The Morgan fingerprint density at radius 1 is 1.21 bits per heavy atom. The molecule has 0 saturated heterocycles. The van der Waals surface area contributed by atoms with E-state index >= 15 is 0 Å². The van der Waals surface area contributed by atoms with Gasteiger partial charge in [-0.05, 0) is 50.6 Å². The van der Waals surface area contributed by atoms with E-state index in [1.54, 1.807) is 12.1 Å². The zero-order valence-electron chi connectivity index (χ0n) is 14.2. The Morgan fingerprint density at radius 2 is 1.83 bits per heavy atom. The van der Waals surface area contributed by atoms with Crippen LogP contribution in [0, 0.1) is 13.8 Å². The number of carbonyl (C=O) groups excluding carboxylic acids is 1. The third-order valence-electron chi connectivity index (χ3n) is 4.20. The molecule has 2 aromatic rings. The fourth-order valence-electron chi connectivity index (χ4n) is 2.51. The van der Waals surface area contributed by atoms with E-state index in [9.17, 15) is 13.2 Å². The summed E-state index contributed by atoms with van der Waals surface area (Å²) < 4.78 is 24.4. The van der Waals surface area contributed by atoms with Gasteiger partial charge in [-0.15, -0.1) is 0 Å². The number of primary sulfonamides is 1. The fourth-order valence-corrected chi connectivity index (χ4v) is 3.03. The van der Waals surface area contributed by atoms with Crippen LogP contribution in [-0.4, -0.2) is 31.9 Å². The molecule has 3 N–H and O–H groups in total. The van der Waals surface area contributed by atoms with Crippen molar-refractivity contribution >= 4 is 15.8 Å². The lowest BCUT2D eigenvalue weighted by molar-refractivity contribution is 0.0990. The van der Waals surface area contributed by atoms with Crippen LogP contribution in [-0.2, 0) is 23.5 Å². The lowest BCUT2D eigenvalue weighted by atomic mass is 10.1. The molecule has 0 bridgehead atoms. The highest BCUT2D eigenvalue weighted by molar-refractivity contribution is 7.89. The van der Waals surface area contributed by atoms with Crippen molar-refractivity contribution in [3.8, 4) is 0 Å². The first-order valence-electron chi connectivity index (χ1n) is 7.68. The predicted octanol–water partition coefficient (Wildman–Crippen LogP) is 1.30. The van der Waals surface area contributed by atoms with Crippen LogP contribution in [0.15, 0.2) is 35.2 Å². The zero-order chi connectivity index (χ0) is 17.9. The number of aromatic nitrogens is 1. The maximum absolute atomic E-state index is 12.2. The average molecular weight is 349 g/mol. The molecule has 0 aliphatic rings. The molecule has 24 heavy (non-hydrogen) atoms. The lowest BCUT2D eigenvalue weighted by Gasteiger charge is -2.06. The van der Waals surface area contributed by atoms with Gasteiger partial charge in [-0.25, -0.2) is 13.6 Å². The van der Waals surface area contributed by atoms with Gasteiger partial charge in [0.2, 0.25) is 10.0 Å². The summed E-state index contributed by atoms with van der Waals surface area (Å²) in [5, 5.41) is 8.19. The van der Waals surface area contributed by atoms with Crippen molar-refractivity contribution in [2.45, 2.75) is 25.2 Å². The Kier molecular flexibility index (Phi) is 5.58. The van der Waals surface area contributed by atoms with E-state index < -0.39 is 10.0 Å². The molecule has 0 saturated carbocycles. The number of benzene rings is 1. The highest BCUT2D eigenvalue weighted by Crippen LogP contribution is 2.13. The summed E-state index contributed by atoms with van der Waals surface area (Å²) in [5.74, 6) is 0.0702. The first kappa shape index (κ1) is 18.4. The number of nitrogens with two attached hydrogens (primary N) is 1. The lowest BCUT2D eigenvalue weighted by Crippen LogP contribution is -2.25. The van der Waals surface area contributed by atoms with Gasteiger partial charge in [0.1, 0.15) is 0 Å². The summed E-state index contributed by atoms with van der Waals surface area (Å²) in [6, 6.07) is 8.35. The van der Waals surface area contributed by atoms with Gasteiger partial charge < -0.3 is 9.88 Å². The molecule has 0 fully saturated rings. The van der Waals surface area contributed by atoms with Crippen LogP contribution in [0.25, 0.3) is 0 Å². The number of nitrogens with one attached hydrogen (secondary N) is 1. The van der Waals surface area contributed by atoms with Crippen molar-refractivity contribution < 1.29 is 13.2 Å². The fraction of sp³-hybridized carbons (Fsp3) is 0.353. The largest absolute Gasteiger partial charge is 0.351 e. The first-order chi connectivity index (χ1) is 11.2. The molecule has 1 heterocycles. The Hall–Kier alpha value is -1.96. The second-order valence-corrected chi connectivity index (χ2v) is 7.44. The number of carbonyl (C=O) groups is 1. The Balaban J connectivity index is 1.84. The molecule has 7 heteroatoms. The number of nitrogens with zero attached hydrogens (tertiary/aromatic N) is 1. The van der Waals surface area contributed by atoms with Crippen LogP contribution in [0.5, 0.6) is 0 Å². The van der Waals surface area contributed by atoms with Crippen LogP contribution >= 0.6 is 0 Å². The number of hydrogen-bond acceptors (Lipinski definition) is 4. The SMILES string of the molecule is Cc1cc(C(=O)CNCCc2ccc(S(N)(=O)=O)cc2)c(C)n1C. The van der Waals surface area contributed by atoms with Gasteiger partial charge in [0.25, 0.3) is 0 Å². The third kappa shape index (κ3) is 4.31. The predicted molar refractivity (Wildman–Crippen MR) is 93.6 cm³/mol. The highest BCUT2D eigenvalue weighted by Gasteiger charge is 2.13. The molecule has 1 aromatic carbocycles. The number of rotatable bonds is 7. The molecular weight excluding hydrogens is 326 g/mol. The molecule has 0 amide bonds. The van der Waals surface area contributed by atoms with E-state index in [4.69, 9.17) is 5.14 Å². The molecule has 0 spiro atoms. The van der Waals surface area contributed by atoms with Crippen LogP contribution in [0.1, 0.15) is 27.3 Å². The molecule has 1 aromatic heterocycles. The van der Waals surface area contributed by atoms with Crippen LogP contribution in [0.2, 0.25) is 0 Å². The number of hydrogen-bond donors (Lipinski definition) is 2. The standard InChI is InChI=1S/C17H23N3O3S/c1-12-10-16(13(2)20(12)3)17(21)11-19-9-8-14-4-6-15(7-5-14)24(18,22)23/h4-7,10,19H,8-9,11H2,1-3H3,(H2,18,22,23). The summed E-state index contributed by atoms with van der Waals surface area (Å²) in [7, 11) is -1.71. The number of aryl methyl sites for hydroxylation is 1. The highest BCUT2D eigenvalue weighted by atomic mass is 32.2. The van der Waals surface area contributed by atoms with Crippen LogP contribution in [0.4, 0.5) is 0 Å². The number of Topliss-reactive ketones (excluding diaryl/α,β-unsaturated/α-hetero) is 1. The van der Waals surface area contributed by atoms with E-state index in [2.05, 4.69) is 5.32 Å². The van der Waals surface area contributed by atoms with E-state index in [0.717, 1.165) is 22.5 Å². The van der Waals surface area contributed by atoms with Crippen molar-refractivity contribution in [3.05, 3.63) is 52.8 Å². The van der Waals surface area contributed by atoms with Crippen molar-refractivity contribution in [1.29, 1.82) is 0 Å². The van der Waals surface area contributed by atoms with Crippen molar-refractivity contribution in [1.82, 2.24) is 9.88 Å². The molecule has 0 aliphatic carbocycles. The van der Waals surface area contributed by atoms with Crippen molar-refractivity contribution in [3.63, 3.8) is 0 Å². The Bertz CT molecular complexity index is 837. The van der Waals surface area contributed by atoms with Gasteiger partial charge >= 0.3 is 0 Å². The second kappa shape index (κ2) is 7.29.